The maximum absolute atomic E-state index is 12.0. The van der Waals surface area contributed by atoms with E-state index in [1.54, 1.807) is 12.1 Å². The first-order chi connectivity index (χ1) is 10.5. The molecule has 0 radical (unpaired) electrons. The van der Waals surface area contributed by atoms with Gasteiger partial charge in [-0.25, -0.2) is 10.2 Å². The van der Waals surface area contributed by atoms with Crippen LogP contribution in [0.1, 0.15) is 15.9 Å². The standard InChI is InChI=1S/C14H13N3O4S/c1-8-5-3-4-6-9(8)12(19)16-17-14-15-13(20)10(22-14)7-11(18)21-2/h3-7H,1-2H3,(H,16,19)(H,15,17,20)/b10-7+. The highest BCUT2D eigenvalue weighted by atomic mass is 32.2. The van der Waals surface area contributed by atoms with Crippen LogP contribution < -0.4 is 10.7 Å². The van der Waals surface area contributed by atoms with E-state index in [1.165, 1.54) is 7.11 Å². The molecule has 0 atom stereocenters. The van der Waals surface area contributed by atoms with Gasteiger partial charge in [0.2, 0.25) is 0 Å². The summed E-state index contributed by atoms with van der Waals surface area (Å²) >= 11 is 0.939. The number of nitrogens with zero attached hydrogens (tertiary/aromatic N) is 1. The SMILES string of the molecule is COC(=O)/C=C1/SC(=NNC(=O)c2ccccc2C)NC1=O. The fraction of sp³-hybridized carbons (Fsp3) is 0.143. The lowest BCUT2D eigenvalue weighted by molar-refractivity contribution is -0.135. The maximum Gasteiger partial charge on any atom is 0.331 e. The monoisotopic (exact) mass is 319 g/mol. The second kappa shape index (κ2) is 6.90. The predicted molar refractivity (Wildman–Crippen MR) is 81.9 cm³/mol. The molecule has 1 saturated heterocycles. The first-order valence-electron chi connectivity index (χ1n) is 6.23. The van der Waals surface area contributed by atoms with Crippen LogP contribution in [0.15, 0.2) is 40.3 Å². The van der Waals surface area contributed by atoms with Gasteiger partial charge in [0, 0.05) is 11.6 Å². The lowest BCUT2D eigenvalue weighted by atomic mass is 10.1. The van der Waals surface area contributed by atoms with Gasteiger partial charge in [0.15, 0.2) is 5.17 Å². The molecule has 1 aromatic rings. The molecule has 22 heavy (non-hydrogen) atoms. The van der Waals surface area contributed by atoms with Gasteiger partial charge in [-0.15, -0.1) is 5.10 Å². The number of hydrazone groups is 1. The summed E-state index contributed by atoms with van der Waals surface area (Å²) in [5.41, 5.74) is 3.67. The number of hydrogen-bond acceptors (Lipinski definition) is 6. The fourth-order valence-electron chi connectivity index (χ4n) is 1.64. The molecule has 2 rings (SSSR count). The predicted octanol–water partition coefficient (Wildman–Crippen LogP) is 0.916. The lowest BCUT2D eigenvalue weighted by Gasteiger charge is -2.03. The number of rotatable bonds is 3. The third-order valence-electron chi connectivity index (χ3n) is 2.75. The zero-order valence-electron chi connectivity index (χ0n) is 11.9. The van der Waals surface area contributed by atoms with Crippen molar-refractivity contribution in [3.63, 3.8) is 0 Å². The summed E-state index contributed by atoms with van der Waals surface area (Å²) in [4.78, 5) is 34.8. The Morgan fingerprint density at radius 2 is 2.09 bits per heavy atom. The summed E-state index contributed by atoms with van der Waals surface area (Å²) in [6.45, 7) is 1.81. The number of aryl methyl sites for hydroxylation is 1. The molecule has 1 aliphatic rings. The average molecular weight is 319 g/mol. The molecule has 2 N–H and O–H groups in total. The molecule has 1 aromatic carbocycles. The number of carbonyl (C=O) groups is 3. The Bertz CT molecular complexity index is 697. The molecular formula is C14H13N3O4S. The lowest BCUT2D eigenvalue weighted by Crippen LogP contribution is -2.25. The van der Waals surface area contributed by atoms with Crippen LogP contribution in [0.4, 0.5) is 0 Å². The number of ether oxygens (including phenoxy) is 1. The molecule has 0 saturated carbocycles. The largest absolute Gasteiger partial charge is 0.466 e. The number of methoxy groups -OCH3 is 1. The van der Waals surface area contributed by atoms with E-state index in [1.807, 2.05) is 19.1 Å². The number of benzene rings is 1. The van der Waals surface area contributed by atoms with Gasteiger partial charge in [-0.1, -0.05) is 18.2 Å². The smallest absolute Gasteiger partial charge is 0.331 e. The second-order valence-corrected chi connectivity index (χ2v) is 5.29. The van der Waals surface area contributed by atoms with Crippen LogP contribution in [0.3, 0.4) is 0 Å². The van der Waals surface area contributed by atoms with E-state index in [0.717, 1.165) is 23.4 Å². The van der Waals surface area contributed by atoms with Crippen LogP contribution in [0.5, 0.6) is 0 Å². The van der Waals surface area contributed by atoms with Crippen molar-refractivity contribution in [2.24, 2.45) is 5.10 Å². The Kier molecular flexibility index (Phi) is 4.95. The highest BCUT2D eigenvalue weighted by Gasteiger charge is 2.25. The van der Waals surface area contributed by atoms with Crippen molar-refractivity contribution in [2.45, 2.75) is 6.92 Å². The molecule has 0 spiro atoms. The summed E-state index contributed by atoms with van der Waals surface area (Å²) in [6.07, 6.45) is 1.06. The van der Waals surface area contributed by atoms with Crippen molar-refractivity contribution in [2.75, 3.05) is 7.11 Å². The summed E-state index contributed by atoms with van der Waals surface area (Å²) in [5, 5.41) is 6.45. The molecule has 2 amide bonds. The zero-order valence-corrected chi connectivity index (χ0v) is 12.7. The summed E-state index contributed by atoms with van der Waals surface area (Å²) in [7, 11) is 1.22. The van der Waals surface area contributed by atoms with E-state index in [9.17, 15) is 14.4 Å². The minimum Gasteiger partial charge on any atom is -0.466 e. The number of amides is 2. The Balaban J connectivity index is 2.05. The van der Waals surface area contributed by atoms with Crippen molar-refractivity contribution in [1.29, 1.82) is 0 Å². The number of amidine groups is 1. The summed E-state index contributed by atoms with van der Waals surface area (Å²) in [6, 6.07) is 7.06. The quantitative estimate of drug-likeness (QED) is 0.490. The molecule has 1 aliphatic heterocycles. The Labute approximate surface area is 130 Å². The third kappa shape index (κ3) is 3.73. The van der Waals surface area contributed by atoms with Crippen molar-refractivity contribution < 1.29 is 19.1 Å². The molecule has 0 aromatic heterocycles. The summed E-state index contributed by atoms with van der Waals surface area (Å²) < 4.78 is 4.45. The topological polar surface area (TPSA) is 96.9 Å². The van der Waals surface area contributed by atoms with Crippen molar-refractivity contribution >= 4 is 34.7 Å². The van der Waals surface area contributed by atoms with Gasteiger partial charge in [-0.2, -0.15) is 0 Å². The van der Waals surface area contributed by atoms with E-state index in [2.05, 4.69) is 20.6 Å². The van der Waals surface area contributed by atoms with Crippen LogP contribution in [0, 0.1) is 6.92 Å². The Hall–Kier alpha value is -2.61. The van der Waals surface area contributed by atoms with Crippen molar-refractivity contribution in [3.8, 4) is 0 Å². The number of nitrogens with one attached hydrogen (secondary N) is 2. The Morgan fingerprint density at radius 3 is 2.77 bits per heavy atom. The summed E-state index contributed by atoms with van der Waals surface area (Å²) in [5.74, 6) is -1.49. The number of hydrogen-bond donors (Lipinski definition) is 2. The van der Waals surface area contributed by atoms with E-state index in [4.69, 9.17) is 0 Å². The van der Waals surface area contributed by atoms with Crippen LogP contribution in [0.2, 0.25) is 0 Å². The number of carbonyl (C=O) groups excluding carboxylic acids is 3. The first-order valence-corrected chi connectivity index (χ1v) is 7.05. The first kappa shape index (κ1) is 15.8. The molecule has 0 bridgehead atoms. The van der Waals surface area contributed by atoms with E-state index in [-0.39, 0.29) is 16.0 Å². The van der Waals surface area contributed by atoms with E-state index in [0.29, 0.717) is 5.56 Å². The minimum absolute atomic E-state index is 0.149. The van der Waals surface area contributed by atoms with Crippen molar-refractivity contribution in [3.05, 3.63) is 46.4 Å². The minimum atomic E-state index is -0.636. The number of thioether (sulfide) groups is 1. The van der Waals surface area contributed by atoms with Crippen LogP contribution >= 0.6 is 11.8 Å². The maximum atomic E-state index is 12.0. The van der Waals surface area contributed by atoms with Gasteiger partial charge in [-0.3, -0.25) is 14.9 Å². The van der Waals surface area contributed by atoms with Crippen LogP contribution in [-0.2, 0) is 14.3 Å². The molecular weight excluding hydrogens is 306 g/mol. The molecule has 0 unspecified atom stereocenters. The molecule has 114 valence electrons. The Morgan fingerprint density at radius 1 is 1.36 bits per heavy atom. The third-order valence-corrected chi connectivity index (χ3v) is 3.66. The van der Waals surface area contributed by atoms with Crippen LogP contribution in [0.25, 0.3) is 0 Å². The normalized spacial score (nSPS) is 17.5. The van der Waals surface area contributed by atoms with Gasteiger partial charge in [0.25, 0.3) is 11.8 Å². The van der Waals surface area contributed by atoms with Gasteiger partial charge in [0.1, 0.15) is 0 Å². The second-order valence-electron chi connectivity index (χ2n) is 4.26. The molecule has 1 heterocycles. The van der Waals surface area contributed by atoms with Gasteiger partial charge >= 0.3 is 5.97 Å². The number of esters is 1. The van der Waals surface area contributed by atoms with Crippen molar-refractivity contribution in [1.82, 2.24) is 10.7 Å². The van der Waals surface area contributed by atoms with Crippen LogP contribution in [-0.4, -0.2) is 30.1 Å². The molecule has 1 fully saturated rings. The zero-order chi connectivity index (χ0) is 16.1. The average Bonchev–Trinajstić information content (AvgIpc) is 2.85. The van der Waals surface area contributed by atoms with E-state index < -0.39 is 11.9 Å². The van der Waals surface area contributed by atoms with Gasteiger partial charge in [0.05, 0.1) is 12.0 Å². The molecule has 7 nitrogen and oxygen atoms in total. The van der Waals surface area contributed by atoms with E-state index >= 15 is 0 Å². The van der Waals surface area contributed by atoms with Gasteiger partial charge in [-0.05, 0) is 30.3 Å². The fourth-order valence-corrected chi connectivity index (χ4v) is 2.38. The van der Waals surface area contributed by atoms with Gasteiger partial charge < -0.3 is 4.74 Å². The highest BCUT2D eigenvalue weighted by Crippen LogP contribution is 2.23. The highest BCUT2D eigenvalue weighted by molar-refractivity contribution is 8.18. The molecule has 0 aliphatic carbocycles. The molecule has 8 heteroatoms.